The first-order chi connectivity index (χ1) is 9.74. The summed E-state index contributed by atoms with van der Waals surface area (Å²) in [6, 6.07) is 11.2. The molecule has 0 radical (unpaired) electrons. The van der Waals surface area contributed by atoms with Crippen LogP contribution in [0.3, 0.4) is 0 Å². The highest BCUT2D eigenvalue weighted by molar-refractivity contribution is 5.93. The number of nitrogens with zero attached hydrogens (tertiary/aromatic N) is 1. The number of nitrogens with two attached hydrogens (primary N) is 1. The van der Waals surface area contributed by atoms with E-state index in [9.17, 15) is 4.79 Å². The molecule has 1 aliphatic rings. The minimum atomic E-state index is -0.243. The Balaban J connectivity index is 1.62. The fourth-order valence-electron chi connectivity index (χ4n) is 2.11. The van der Waals surface area contributed by atoms with Crippen molar-refractivity contribution in [2.24, 2.45) is 11.7 Å². The average molecular weight is 271 g/mol. The van der Waals surface area contributed by atoms with Crippen LogP contribution >= 0.6 is 0 Å². The van der Waals surface area contributed by atoms with Crippen molar-refractivity contribution in [2.75, 3.05) is 6.54 Å². The van der Waals surface area contributed by atoms with Crippen LogP contribution < -0.4 is 11.1 Å². The molecule has 0 aliphatic heterocycles. The van der Waals surface area contributed by atoms with Crippen LogP contribution in [-0.4, -0.2) is 23.7 Å². The fourth-order valence-corrected chi connectivity index (χ4v) is 2.11. The molecule has 20 heavy (non-hydrogen) atoms. The van der Waals surface area contributed by atoms with Gasteiger partial charge in [0, 0.05) is 24.2 Å². The highest BCUT2D eigenvalue weighted by atomic mass is 16.5. The smallest absolute Gasteiger partial charge is 0.273 e. The van der Waals surface area contributed by atoms with Gasteiger partial charge < -0.3 is 15.6 Å². The van der Waals surface area contributed by atoms with Gasteiger partial charge in [0.15, 0.2) is 11.5 Å². The molecule has 104 valence electrons. The van der Waals surface area contributed by atoms with Crippen LogP contribution in [0.1, 0.15) is 23.3 Å². The fraction of sp³-hybridized carbons (Fsp3) is 0.333. The molecule has 3 rings (SSSR count). The maximum absolute atomic E-state index is 11.9. The molecule has 1 saturated carbocycles. The number of hydrogen-bond donors (Lipinski definition) is 2. The van der Waals surface area contributed by atoms with Crippen LogP contribution in [0.2, 0.25) is 0 Å². The van der Waals surface area contributed by atoms with E-state index in [1.54, 1.807) is 6.07 Å². The number of rotatable bonds is 5. The minimum Gasteiger partial charge on any atom is -0.355 e. The number of carbonyl (C=O) groups is 1. The van der Waals surface area contributed by atoms with Gasteiger partial charge in [0.1, 0.15) is 0 Å². The zero-order valence-electron chi connectivity index (χ0n) is 11.1. The van der Waals surface area contributed by atoms with Crippen LogP contribution in [-0.2, 0) is 0 Å². The normalized spacial score (nSPS) is 15.8. The van der Waals surface area contributed by atoms with Crippen LogP contribution in [0.5, 0.6) is 0 Å². The Labute approximate surface area is 117 Å². The quantitative estimate of drug-likeness (QED) is 0.869. The number of aromatic nitrogens is 1. The standard InChI is InChI=1S/C15H17N3O2/c16-12(10-6-7-10)9-17-15(19)13-8-14(20-18-13)11-4-2-1-3-5-11/h1-5,8,10,12H,6-7,9,16H2,(H,17,19). The first-order valence-electron chi connectivity index (χ1n) is 6.80. The lowest BCUT2D eigenvalue weighted by molar-refractivity contribution is 0.0941. The molecule has 1 aliphatic carbocycles. The van der Waals surface area contributed by atoms with Gasteiger partial charge >= 0.3 is 0 Å². The summed E-state index contributed by atoms with van der Waals surface area (Å²) in [4.78, 5) is 11.9. The van der Waals surface area contributed by atoms with E-state index >= 15 is 0 Å². The van der Waals surface area contributed by atoms with E-state index in [1.165, 1.54) is 12.8 Å². The number of amides is 1. The van der Waals surface area contributed by atoms with E-state index in [0.717, 1.165) is 5.56 Å². The molecule has 5 heteroatoms. The maximum atomic E-state index is 11.9. The molecule has 1 aromatic carbocycles. The number of nitrogens with one attached hydrogen (secondary N) is 1. The molecule has 2 aromatic rings. The highest BCUT2D eigenvalue weighted by Crippen LogP contribution is 2.31. The van der Waals surface area contributed by atoms with Crippen molar-refractivity contribution in [2.45, 2.75) is 18.9 Å². The van der Waals surface area contributed by atoms with Gasteiger partial charge in [-0.15, -0.1) is 0 Å². The Hall–Kier alpha value is -2.14. The van der Waals surface area contributed by atoms with Gasteiger partial charge in [-0.3, -0.25) is 4.79 Å². The summed E-state index contributed by atoms with van der Waals surface area (Å²) in [7, 11) is 0. The summed E-state index contributed by atoms with van der Waals surface area (Å²) in [6.07, 6.45) is 2.33. The molecule has 1 amide bonds. The molecule has 0 saturated heterocycles. The van der Waals surface area contributed by atoms with Crippen molar-refractivity contribution in [3.8, 4) is 11.3 Å². The Morgan fingerprint density at radius 1 is 1.40 bits per heavy atom. The predicted molar refractivity (Wildman–Crippen MR) is 75.0 cm³/mol. The third kappa shape index (κ3) is 2.88. The Morgan fingerprint density at radius 3 is 2.85 bits per heavy atom. The summed E-state index contributed by atoms with van der Waals surface area (Å²) in [6.45, 7) is 0.483. The Bertz CT molecular complexity index is 590. The number of carbonyl (C=O) groups excluding carboxylic acids is 1. The van der Waals surface area contributed by atoms with E-state index < -0.39 is 0 Å². The summed E-state index contributed by atoms with van der Waals surface area (Å²) >= 11 is 0. The summed E-state index contributed by atoms with van der Waals surface area (Å²) in [5.41, 5.74) is 7.12. The number of hydrogen-bond acceptors (Lipinski definition) is 4. The third-order valence-corrected chi connectivity index (χ3v) is 3.53. The zero-order chi connectivity index (χ0) is 13.9. The van der Waals surface area contributed by atoms with Gasteiger partial charge in [-0.1, -0.05) is 35.5 Å². The molecule has 1 atom stereocenters. The van der Waals surface area contributed by atoms with E-state index in [4.69, 9.17) is 10.3 Å². The van der Waals surface area contributed by atoms with Crippen molar-refractivity contribution < 1.29 is 9.32 Å². The van der Waals surface area contributed by atoms with Crippen LogP contribution in [0.15, 0.2) is 40.9 Å². The molecule has 5 nitrogen and oxygen atoms in total. The minimum absolute atomic E-state index is 0.0412. The lowest BCUT2D eigenvalue weighted by Crippen LogP contribution is -2.38. The van der Waals surface area contributed by atoms with Crippen molar-refractivity contribution in [3.05, 3.63) is 42.1 Å². The maximum Gasteiger partial charge on any atom is 0.273 e. The van der Waals surface area contributed by atoms with E-state index in [0.29, 0.717) is 18.2 Å². The van der Waals surface area contributed by atoms with Crippen molar-refractivity contribution in [3.63, 3.8) is 0 Å². The third-order valence-electron chi connectivity index (χ3n) is 3.53. The molecule has 1 fully saturated rings. The van der Waals surface area contributed by atoms with E-state index in [-0.39, 0.29) is 17.6 Å². The predicted octanol–water partition coefficient (Wildman–Crippen LogP) is 1.81. The van der Waals surface area contributed by atoms with Crippen LogP contribution in [0.25, 0.3) is 11.3 Å². The summed E-state index contributed by atoms with van der Waals surface area (Å²) in [5.74, 6) is 0.904. The molecule has 1 aromatic heterocycles. The first kappa shape index (κ1) is 12.9. The SMILES string of the molecule is NC(CNC(=O)c1cc(-c2ccccc2)on1)C1CC1. The zero-order valence-corrected chi connectivity index (χ0v) is 11.1. The first-order valence-corrected chi connectivity index (χ1v) is 6.80. The summed E-state index contributed by atoms with van der Waals surface area (Å²) in [5, 5.41) is 6.60. The van der Waals surface area contributed by atoms with Crippen molar-refractivity contribution in [1.82, 2.24) is 10.5 Å². The van der Waals surface area contributed by atoms with Gasteiger partial charge in [0.25, 0.3) is 5.91 Å². The van der Waals surface area contributed by atoms with Crippen LogP contribution in [0.4, 0.5) is 0 Å². The molecule has 1 unspecified atom stereocenters. The largest absolute Gasteiger partial charge is 0.355 e. The monoisotopic (exact) mass is 271 g/mol. The van der Waals surface area contributed by atoms with Crippen molar-refractivity contribution in [1.29, 1.82) is 0 Å². The second kappa shape index (κ2) is 5.46. The van der Waals surface area contributed by atoms with Gasteiger partial charge in [0.2, 0.25) is 0 Å². The van der Waals surface area contributed by atoms with Gasteiger partial charge in [-0.2, -0.15) is 0 Å². The van der Waals surface area contributed by atoms with E-state index in [2.05, 4.69) is 10.5 Å². The molecular formula is C15H17N3O2. The van der Waals surface area contributed by atoms with Crippen LogP contribution in [0, 0.1) is 5.92 Å². The molecule has 3 N–H and O–H groups in total. The molecular weight excluding hydrogens is 254 g/mol. The Kier molecular flexibility index (Phi) is 3.52. The highest BCUT2D eigenvalue weighted by Gasteiger charge is 2.28. The van der Waals surface area contributed by atoms with Gasteiger partial charge in [-0.05, 0) is 18.8 Å². The molecule has 0 spiro atoms. The molecule has 1 heterocycles. The van der Waals surface area contributed by atoms with Crippen molar-refractivity contribution >= 4 is 5.91 Å². The topological polar surface area (TPSA) is 81.1 Å². The lowest BCUT2D eigenvalue weighted by atomic mass is 10.1. The van der Waals surface area contributed by atoms with E-state index in [1.807, 2.05) is 30.3 Å². The van der Waals surface area contributed by atoms with Gasteiger partial charge in [0.05, 0.1) is 0 Å². The number of benzene rings is 1. The van der Waals surface area contributed by atoms with Gasteiger partial charge in [-0.25, -0.2) is 0 Å². The summed E-state index contributed by atoms with van der Waals surface area (Å²) < 4.78 is 5.20. The second-order valence-electron chi connectivity index (χ2n) is 5.15. The second-order valence-corrected chi connectivity index (χ2v) is 5.15. The lowest BCUT2D eigenvalue weighted by Gasteiger charge is -2.09. The molecule has 0 bridgehead atoms. The average Bonchev–Trinajstić information content (AvgIpc) is 3.22. The Morgan fingerprint density at radius 2 is 2.15 bits per heavy atom.